The molecule has 0 atom stereocenters. The number of Topliss-reactive ketones (excluding diaryl/α,β-unsaturated/α-hetero) is 1. The third kappa shape index (κ3) is 3.85. The van der Waals surface area contributed by atoms with Crippen molar-refractivity contribution in [3.63, 3.8) is 0 Å². The van der Waals surface area contributed by atoms with Gasteiger partial charge in [-0.3, -0.25) is 9.69 Å². The molecule has 1 fully saturated rings. The van der Waals surface area contributed by atoms with Gasteiger partial charge in [0.05, 0.1) is 11.4 Å². The molecule has 1 aromatic carbocycles. The lowest BCUT2D eigenvalue weighted by Gasteiger charge is -2.14. The van der Waals surface area contributed by atoms with Crippen molar-refractivity contribution in [2.45, 2.75) is 37.5 Å². The minimum Gasteiger partial charge on any atom is -0.333 e. The zero-order chi connectivity index (χ0) is 18.0. The van der Waals surface area contributed by atoms with Gasteiger partial charge in [0, 0.05) is 17.0 Å². The fourth-order valence-electron chi connectivity index (χ4n) is 3.38. The predicted octanol–water partition coefficient (Wildman–Crippen LogP) is 2.81. The standard InChI is InChI=1S/C19H24N2O3S/c1-15-12-18(19(22)13-20-10-6-7-11-20)16(2)21(15)14-25(23,24)17-8-4-3-5-9-17/h3-5,8-9,12H,6-7,10-11,13-14H2,1-2H3. The van der Waals surface area contributed by atoms with E-state index in [1.807, 2.05) is 19.9 Å². The third-order valence-electron chi connectivity index (χ3n) is 4.84. The smallest absolute Gasteiger partial charge is 0.196 e. The Kier molecular flexibility index (Phi) is 5.11. The van der Waals surface area contributed by atoms with Gasteiger partial charge in [0.25, 0.3) is 0 Å². The summed E-state index contributed by atoms with van der Waals surface area (Å²) >= 11 is 0. The lowest BCUT2D eigenvalue weighted by Crippen LogP contribution is -2.27. The molecule has 1 aromatic heterocycles. The number of nitrogens with zero attached hydrogens (tertiary/aromatic N) is 2. The summed E-state index contributed by atoms with van der Waals surface area (Å²) in [6, 6.07) is 10.2. The van der Waals surface area contributed by atoms with E-state index in [2.05, 4.69) is 4.90 Å². The molecule has 2 aromatic rings. The number of ketones is 1. The number of hydrogen-bond acceptors (Lipinski definition) is 4. The lowest BCUT2D eigenvalue weighted by molar-refractivity contribution is 0.0944. The molecule has 1 aliphatic rings. The summed E-state index contributed by atoms with van der Waals surface area (Å²) in [5, 5.41) is 0. The van der Waals surface area contributed by atoms with Crippen LogP contribution in [0.5, 0.6) is 0 Å². The van der Waals surface area contributed by atoms with Crippen molar-refractivity contribution in [3.8, 4) is 0 Å². The highest BCUT2D eigenvalue weighted by Crippen LogP contribution is 2.21. The maximum absolute atomic E-state index is 12.6. The van der Waals surface area contributed by atoms with Gasteiger partial charge in [-0.15, -0.1) is 0 Å². The van der Waals surface area contributed by atoms with Crippen LogP contribution in [0, 0.1) is 13.8 Å². The van der Waals surface area contributed by atoms with E-state index in [9.17, 15) is 13.2 Å². The number of aromatic nitrogens is 1. The number of likely N-dealkylation sites (tertiary alicyclic amines) is 1. The van der Waals surface area contributed by atoms with Crippen molar-refractivity contribution >= 4 is 15.6 Å². The molecule has 1 aliphatic heterocycles. The van der Waals surface area contributed by atoms with E-state index in [-0.39, 0.29) is 11.7 Å². The molecule has 25 heavy (non-hydrogen) atoms. The first-order chi connectivity index (χ1) is 11.9. The fraction of sp³-hybridized carbons (Fsp3) is 0.421. The maximum atomic E-state index is 12.6. The zero-order valence-electron chi connectivity index (χ0n) is 14.7. The maximum Gasteiger partial charge on any atom is 0.196 e. The summed E-state index contributed by atoms with van der Waals surface area (Å²) in [5.41, 5.74) is 2.15. The Balaban J connectivity index is 1.83. The molecule has 0 radical (unpaired) electrons. The predicted molar refractivity (Wildman–Crippen MR) is 97.5 cm³/mol. The van der Waals surface area contributed by atoms with Gasteiger partial charge in [-0.1, -0.05) is 18.2 Å². The number of benzene rings is 1. The molecule has 0 saturated carbocycles. The van der Waals surface area contributed by atoms with E-state index >= 15 is 0 Å². The third-order valence-corrected chi connectivity index (χ3v) is 6.43. The van der Waals surface area contributed by atoms with Crippen molar-refractivity contribution in [2.24, 2.45) is 0 Å². The van der Waals surface area contributed by atoms with Gasteiger partial charge < -0.3 is 4.57 Å². The summed E-state index contributed by atoms with van der Waals surface area (Å²) in [4.78, 5) is 15.1. The Labute approximate surface area is 149 Å². The highest BCUT2D eigenvalue weighted by molar-refractivity contribution is 7.90. The number of rotatable bonds is 6. The molecule has 0 unspecified atom stereocenters. The van der Waals surface area contributed by atoms with Crippen molar-refractivity contribution in [3.05, 3.63) is 53.3 Å². The molecule has 0 N–H and O–H groups in total. The van der Waals surface area contributed by atoms with Crippen LogP contribution >= 0.6 is 0 Å². The minimum absolute atomic E-state index is 0.0679. The van der Waals surface area contributed by atoms with E-state index in [0.717, 1.165) is 37.3 Å². The lowest BCUT2D eigenvalue weighted by atomic mass is 10.1. The van der Waals surface area contributed by atoms with E-state index in [1.165, 1.54) is 0 Å². The van der Waals surface area contributed by atoms with Crippen LogP contribution < -0.4 is 0 Å². The molecule has 0 amide bonds. The number of aryl methyl sites for hydroxylation is 1. The van der Waals surface area contributed by atoms with Crippen molar-refractivity contribution in [1.82, 2.24) is 9.47 Å². The molecule has 0 spiro atoms. The number of carbonyl (C=O) groups excluding carboxylic acids is 1. The van der Waals surface area contributed by atoms with Crippen LogP contribution in [0.2, 0.25) is 0 Å². The highest BCUT2D eigenvalue weighted by atomic mass is 32.2. The van der Waals surface area contributed by atoms with Gasteiger partial charge in [-0.25, -0.2) is 8.42 Å². The van der Waals surface area contributed by atoms with E-state index in [1.54, 1.807) is 34.9 Å². The van der Waals surface area contributed by atoms with Crippen molar-refractivity contribution < 1.29 is 13.2 Å². The van der Waals surface area contributed by atoms with Gasteiger partial charge in [0.2, 0.25) is 0 Å². The number of sulfone groups is 1. The Morgan fingerprint density at radius 3 is 2.36 bits per heavy atom. The molecule has 5 nitrogen and oxygen atoms in total. The van der Waals surface area contributed by atoms with Crippen LogP contribution in [0.15, 0.2) is 41.3 Å². The second-order valence-electron chi connectivity index (χ2n) is 6.68. The Morgan fingerprint density at radius 2 is 1.72 bits per heavy atom. The minimum atomic E-state index is -3.45. The van der Waals surface area contributed by atoms with Gasteiger partial charge in [-0.05, 0) is 58.0 Å². The Morgan fingerprint density at radius 1 is 1.08 bits per heavy atom. The molecular weight excluding hydrogens is 336 g/mol. The quantitative estimate of drug-likeness (QED) is 0.743. The van der Waals surface area contributed by atoms with Gasteiger partial charge in [-0.2, -0.15) is 0 Å². The van der Waals surface area contributed by atoms with E-state index in [0.29, 0.717) is 17.0 Å². The molecule has 0 bridgehead atoms. The SMILES string of the molecule is Cc1cc(C(=O)CN2CCCC2)c(C)n1CS(=O)(=O)c1ccccc1. The van der Waals surface area contributed by atoms with Gasteiger partial charge in [0.1, 0.15) is 5.88 Å². The molecule has 3 rings (SSSR count). The number of hydrogen-bond donors (Lipinski definition) is 0. The first kappa shape index (κ1) is 17.9. The van der Waals surface area contributed by atoms with Crippen LogP contribution in [0.3, 0.4) is 0 Å². The molecule has 134 valence electrons. The summed E-state index contributed by atoms with van der Waals surface area (Å²) in [7, 11) is -3.45. The normalized spacial score (nSPS) is 15.6. The Hall–Kier alpha value is -1.92. The molecular formula is C19H24N2O3S. The molecule has 6 heteroatoms. The van der Waals surface area contributed by atoms with Crippen LogP contribution in [-0.4, -0.2) is 43.3 Å². The summed E-state index contributed by atoms with van der Waals surface area (Å²) in [6.45, 7) is 6.01. The Bertz CT molecular complexity index is 864. The van der Waals surface area contributed by atoms with Crippen LogP contribution in [0.4, 0.5) is 0 Å². The topological polar surface area (TPSA) is 59.4 Å². The second kappa shape index (κ2) is 7.14. The largest absolute Gasteiger partial charge is 0.333 e. The first-order valence-corrected chi connectivity index (χ1v) is 10.2. The first-order valence-electron chi connectivity index (χ1n) is 8.58. The fourth-order valence-corrected chi connectivity index (χ4v) is 4.84. The van der Waals surface area contributed by atoms with Crippen LogP contribution in [0.25, 0.3) is 0 Å². The molecule has 2 heterocycles. The number of carbonyl (C=O) groups is 1. The van der Waals surface area contributed by atoms with Crippen molar-refractivity contribution in [1.29, 1.82) is 0 Å². The molecule has 0 aliphatic carbocycles. The molecule has 1 saturated heterocycles. The zero-order valence-corrected chi connectivity index (χ0v) is 15.6. The average molecular weight is 360 g/mol. The average Bonchev–Trinajstić information content (AvgIpc) is 3.19. The van der Waals surface area contributed by atoms with Crippen molar-refractivity contribution in [2.75, 3.05) is 19.6 Å². The van der Waals surface area contributed by atoms with Gasteiger partial charge in [0.15, 0.2) is 15.6 Å². The van der Waals surface area contributed by atoms with E-state index in [4.69, 9.17) is 0 Å². The second-order valence-corrected chi connectivity index (χ2v) is 8.64. The van der Waals surface area contributed by atoms with E-state index < -0.39 is 9.84 Å². The van der Waals surface area contributed by atoms with Crippen LogP contribution in [-0.2, 0) is 15.7 Å². The van der Waals surface area contributed by atoms with Crippen LogP contribution in [0.1, 0.15) is 34.6 Å². The summed E-state index contributed by atoms with van der Waals surface area (Å²) < 4.78 is 27.0. The summed E-state index contributed by atoms with van der Waals surface area (Å²) in [5.74, 6) is -0.0792. The monoisotopic (exact) mass is 360 g/mol. The van der Waals surface area contributed by atoms with Gasteiger partial charge >= 0.3 is 0 Å². The summed E-state index contributed by atoms with van der Waals surface area (Å²) in [6.07, 6.45) is 2.28. The highest BCUT2D eigenvalue weighted by Gasteiger charge is 2.23.